The van der Waals surface area contributed by atoms with Crippen molar-refractivity contribution in [1.29, 1.82) is 0 Å². The van der Waals surface area contributed by atoms with Crippen molar-refractivity contribution in [1.82, 2.24) is 14.9 Å². The number of likely N-dealkylation sites (tertiary alicyclic amines) is 1. The number of ether oxygens (including phenoxy) is 1. The Bertz CT molecular complexity index is 796. The monoisotopic (exact) mass is 366 g/mol. The first-order valence-electron chi connectivity index (χ1n) is 9.80. The number of carbonyl (C=O) groups is 1. The molecule has 0 saturated carbocycles. The molecule has 1 atom stereocenters. The third-order valence-corrected chi connectivity index (χ3v) is 5.50. The van der Waals surface area contributed by atoms with Gasteiger partial charge in [0.25, 0.3) is 0 Å². The second-order valence-electron chi connectivity index (χ2n) is 7.35. The zero-order valence-corrected chi connectivity index (χ0v) is 15.8. The molecule has 6 nitrogen and oxygen atoms in total. The number of amides is 1. The Labute approximate surface area is 160 Å². The average Bonchev–Trinajstić information content (AvgIpc) is 3.10. The molecule has 27 heavy (non-hydrogen) atoms. The molecule has 1 aromatic carbocycles. The van der Waals surface area contributed by atoms with E-state index in [1.165, 1.54) is 25.7 Å². The normalized spacial score (nSPS) is 20.0. The topological polar surface area (TPSA) is 58.6 Å². The molecule has 1 saturated heterocycles. The largest absolute Gasteiger partial charge is 0.494 e. The summed E-state index contributed by atoms with van der Waals surface area (Å²) in [7, 11) is 0. The Balaban J connectivity index is 1.40. The van der Waals surface area contributed by atoms with Crippen LogP contribution in [-0.2, 0) is 11.2 Å². The van der Waals surface area contributed by atoms with Crippen LogP contribution in [0.5, 0.6) is 5.75 Å². The Kier molecular flexibility index (Phi) is 5.34. The minimum atomic E-state index is 0.0747. The molecule has 2 aliphatic heterocycles. The summed E-state index contributed by atoms with van der Waals surface area (Å²) < 4.78 is 5.98. The number of fused-ring (bicyclic) bond motifs is 1. The summed E-state index contributed by atoms with van der Waals surface area (Å²) in [5, 5.41) is 0. The number of hydrogen-bond donors (Lipinski definition) is 0. The van der Waals surface area contributed by atoms with E-state index in [1.807, 2.05) is 12.1 Å². The Morgan fingerprint density at radius 1 is 1.22 bits per heavy atom. The minimum absolute atomic E-state index is 0.0747. The molecule has 1 aromatic heterocycles. The molecule has 2 aliphatic rings. The molecule has 1 fully saturated rings. The summed E-state index contributed by atoms with van der Waals surface area (Å²) >= 11 is 0. The lowest BCUT2D eigenvalue weighted by molar-refractivity contribution is -0.118. The van der Waals surface area contributed by atoms with Crippen molar-refractivity contribution in [2.45, 2.75) is 45.1 Å². The smallest absolute Gasteiger partial charge is 0.231 e. The van der Waals surface area contributed by atoms with Crippen molar-refractivity contribution < 1.29 is 9.53 Å². The summed E-state index contributed by atoms with van der Waals surface area (Å²) in [5.41, 5.74) is 2.74. The molecular weight excluding hydrogens is 340 g/mol. The first-order valence-corrected chi connectivity index (χ1v) is 9.80. The van der Waals surface area contributed by atoms with Crippen LogP contribution in [0.2, 0.25) is 0 Å². The van der Waals surface area contributed by atoms with Gasteiger partial charge in [0, 0.05) is 19.0 Å². The van der Waals surface area contributed by atoms with Crippen LogP contribution in [0.1, 0.15) is 38.2 Å². The van der Waals surface area contributed by atoms with Crippen LogP contribution in [0.25, 0.3) is 0 Å². The van der Waals surface area contributed by atoms with E-state index in [2.05, 4.69) is 27.9 Å². The fraction of sp³-hybridized carbons (Fsp3) is 0.476. The zero-order valence-electron chi connectivity index (χ0n) is 15.8. The van der Waals surface area contributed by atoms with E-state index in [-0.39, 0.29) is 5.91 Å². The molecule has 0 radical (unpaired) electrons. The van der Waals surface area contributed by atoms with E-state index in [0.717, 1.165) is 43.0 Å². The summed E-state index contributed by atoms with van der Waals surface area (Å²) in [6.45, 7) is 5.34. The van der Waals surface area contributed by atoms with Gasteiger partial charge in [-0.15, -0.1) is 0 Å². The lowest BCUT2D eigenvalue weighted by atomic mass is 10.0. The van der Waals surface area contributed by atoms with E-state index >= 15 is 0 Å². The second-order valence-corrected chi connectivity index (χ2v) is 7.35. The predicted molar refractivity (Wildman–Crippen MR) is 104 cm³/mol. The number of benzene rings is 1. The molecule has 0 unspecified atom stereocenters. The van der Waals surface area contributed by atoms with Gasteiger partial charge in [-0.2, -0.15) is 0 Å². The lowest BCUT2D eigenvalue weighted by Gasteiger charge is -2.29. The number of rotatable bonds is 6. The van der Waals surface area contributed by atoms with E-state index < -0.39 is 0 Å². The van der Waals surface area contributed by atoms with Gasteiger partial charge in [0.2, 0.25) is 5.91 Å². The Morgan fingerprint density at radius 2 is 2.07 bits per heavy atom. The molecule has 4 rings (SSSR count). The van der Waals surface area contributed by atoms with Gasteiger partial charge in [0.05, 0.1) is 30.4 Å². The first kappa shape index (κ1) is 17.9. The summed E-state index contributed by atoms with van der Waals surface area (Å²) in [4.78, 5) is 24.8. The predicted octanol–water partition coefficient (Wildman–Crippen LogP) is 3.34. The van der Waals surface area contributed by atoms with Crippen molar-refractivity contribution in [2.24, 2.45) is 0 Å². The van der Waals surface area contributed by atoms with Crippen molar-refractivity contribution in [3.63, 3.8) is 0 Å². The maximum Gasteiger partial charge on any atom is 0.231 e. The molecule has 6 heteroatoms. The van der Waals surface area contributed by atoms with Gasteiger partial charge in [-0.25, -0.2) is 9.97 Å². The number of aromatic nitrogens is 2. The summed E-state index contributed by atoms with van der Waals surface area (Å²) in [6.07, 6.45) is 9.69. The minimum Gasteiger partial charge on any atom is -0.494 e. The van der Waals surface area contributed by atoms with Crippen LogP contribution in [0.3, 0.4) is 0 Å². The van der Waals surface area contributed by atoms with E-state index in [9.17, 15) is 4.79 Å². The molecular formula is C21H26N4O2. The number of anilines is 2. The highest BCUT2D eigenvalue weighted by molar-refractivity contribution is 6.02. The summed E-state index contributed by atoms with van der Waals surface area (Å²) in [5.74, 6) is 0.951. The van der Waals surface area contributed by atoms with Crippen molar-refractivity contribution in [2.75, 3.05) is 24.6 Å². The van der Waals surface area contributed by atoms with Crippen LogP contribution in [0.15, 0.2) is 36.9 Å². The number of nitrogens with zero attached hydrogens (tertiary/aromatic N) is 4. The third-order valence-electron chi connectivity index (χ3n) is 5.50. The van der Waals surface area contributed by atoms with Crippen LogP contribution < -0.4 is 9.64 Å². The molecule has 0 bridgehead atoms. The molecule has 3 heterocycles. The molecule has 1 amide bonds. The van der Waals surface area contributed by atoms with E-state index in [0.29, 0.717) is 18.2 Å². The van der Waals surface area contributed by atoms with E-state index in [4.69, 9.17) is 4.74 Å². The van der Waals surface area contributed by atoms with Gasteiger partial charge >= 0.3 is 0 Å². The number of carbonyl (C=O) groups excluding carboxylic acids is 1. The average molecular weight is 366 g/mol. The Hall–Kier alpha value is -2.47. The third kappa shape index (κ3) is 3.95. The summed E-state index contributed by atoms with van der Waals surface area (Å²) in [6, 6.07) is 6.69. The van der Waals surface area contributed by atoms with Crippen LogP contribution >= 0.6 is 0 Å². The van der Waals surface area contributed by atoms with Crippen LogP contribution in [-0.4, -0.2) is 46.5 Å². The van der Waals surface area contributed by atoms with Gasteiger partial charge in [-0.05, 0) is 62.9 Å². The van der Waals surface area contributed by atoms with Gasteiger partial charge in [-0.3, -0.25) is 9.69 Å². The number of hydrogen-bond acceptors (Lipinski definition) is 5. The highest BCUT2D eigenvalue weighted by Crippen LogP contribution is 2.35. The van der Waals surface area contributed by atoms with Gasteiger partial charge in [-0.1, -0.05) is 0 Å². The highest BCUT2D eigenvalue weighted by Gasteiger charge is 2.26. The molecule has 0 N–H and O–H groups in total. The molecule has 0 spiro atoms. The van der Waals surface area contributed by atoms with E-state index in [1.54, 1.807) is 17.3 Å². The SMILES string of the molecule is C[C@@H]1CCCN1CCCOc1ccc2c(c1)CCC(=O)N2c1cncnc1. The van der Waals surface area contributed by atoms with Crippen molar-refractivity contribution >= 4 is 17.3 Å². The van der Waals surface area contributed by atoms with Gasteiger partial charge < -0.3 is 9.64 Å². The van der Waals surface area contributed by atoms with Gasteiger partial charge in [0.15, 0.2) is 0 Å². The highest BCUT2D eigenvalue weighted by atomic mass is 16.5. The molecule has 2 aromatic rings. The van der Waals surface area contributed by atoms with Crippen molar-refractivity contribution in [3.8, 4) is 5.75 Å². The van der Waals surface area contributed by atoms with Crippen LogP contribution in [0.4, 0.5) is 11.4 Å². The van der Waals surface area contributed by atoms with Crippen LogP contribution in [0, 0.1) is 0 Å². The first-order chi connectivity index (χ1) is 13.2. The second kappa shape index (κ2) is 8.05. The maximum absolute atomic E-state index is 12.4. The fourth-order valence-corrected chi connectivity index (χ4v) is 4.03. The zero-order chi connectivity index (χ0) is 18.6. The maximum atomic E-state index is 12.4. The van der Waals surface area contributed by atoms with Gasteiger partial charge in [0.1, 0.15) is 12.1 Å². The van der Waals surface area contributed by atoms with Crippen molar-refractivity contribution in [3.05, 3.63) is 42.5 Å². The lowest BCUT2D eigenvalue weighted by Crippen LogP contribution is -2.31. The Morgan fingerprint density at radius 3 is 2.85 bits per heavy atom. The standard InChI is InChI=1S/C21H26N4O2/c1-16-4-2-9-24(16)10-3-11-27-19-6-7-20-17(12-19)5-8-21(26)25(20)18-13-22-15-23-14-18/h6-7,12-16H,2-5,8-11H2,1H3/t16-/m1/s1. The molecule has 0 aliphatic carbocycles. The fourth-order valence-electron chi connectivity index (χ4n) is 4.03. The molecule has 142 valence electrons. The number of aryl methyl sites for hydroxylation is 1. The quantitative estimate of drug-likeness (QED) is 0.734.